The molecule has 0 aliphatic rings. The fourth-order valence-electron chi connectivity index (χ4n) is 1.95. The molecule has 0 saturated carbocycles. The van der Waals surface area contributed by atoms with Crippen LogP contribution in [0.5, 0.6) is 11.5 Å². The number of ether oxygens (including phenoxy) is 1. The topological polar surface area (TPSA) is 38.7 Å². The van der Waals surface area contributed by atoms with Crippen molar-refractivity contribution in [3.05, 3.63) is 57.0 Å². The van der Waals surface area contributed by atoms with Gasteiger partial charge in [0.05, 0.1) is 5.02 Å². The minimum atomic E-state index is 0.386. The van der Waals surface area contributed by atoms with E-state index in [1.165, 1.54) is 0 Å². The van der Waals surface area contributed by atoms with E-state index in [1.807, 2.05) is 32.9 Å². The number of benzene rings is 2. The zero-order valence-corrected chi connectivity index (χ0v) is 11.8. The summed E-state index contributed by atoms with van der Waals surface area (Å²) in [4.78, 5) is 10.5. The molecule has 0 fully saturated rings. The molecule has 0 radical (unpaired) electrons. The predicted molar refractivity (Wildman–Crippen MR) is 77.6 cm³/mol. The second-order valence-electron chi connectivity index (χ2n) is 4.54. The molecule has 0 unspecified atom stereocenters. The first-order valence-corrected chi connectivity index (χ1v) is 6.27. The van der Waals surface area contributed by atoms with Crippen LogP contribution in [0, 0.1) is 25.7 Å². The van der Waals surface area contributed by atoms with Crippen LogP contribution in [-0.2, 0) is 0 Å². The highest BCUT2D eigenvalue weighted by atomic mass is 35.5. The molecule has 0 spiro atoms. The summed E-state index contributed by atoms with van der Waals surface area (Å²) in [5.74, 6) is 1.31. The van der Waals surface area contributed by atoms with Gasteiger partial charge in [0.1, 0.15) is 17.2 Å². The van der Waals surface area contributed by atoms with Gasteiger partial charge < -0.3 is 4.74 Å². The molecular formula is C15H14ClNO2. The van der Waals surface area contributed by atoms with Crippen LogP contribution in [0.15, 0.2) is 35.5 Å². The Labute approximate surface area is 117 Å². The van der Waals surface area contributed by atoms with E-state index in [0.717, 1.165) is 16.7 Å². The van der Waals surface area contributed by atoms with Crippen LogP contribution in [-0.4, -0.2) is 0 Å². The molecule has 2 aromatic carbocycles. The maximum Gasteiger partial charge on any atom is 0.148 e. The zero-order chi connectivity index (χ0) is 14.0. The normalized spacial score (nSPS) is 10.3. The molecule has 0 aliphatic carbocycles. The number of halogens is 1. The van der Waals surface area contributed by atoms with Crippen molar-refractivity contribution in [1.82, 2.24) is 0 Å². The van der Waals surface area contributed by atoms with Gasteiger partial charge in [-0.25, -0.2) is 0 Å². The van der Waals surface area contributed by atoms with Gasteiger partial charge in [-0.15, -0.1) is 4.91 Å². The van der Waals surface area contributed by atoms with Crippen LogP contribution in [0.2, 0.25) is 5.02 Å². The van der Waals surface area contributed by atoms with Crippen molar-refractivity contribution in [3.8, 4) is 11.5 Å². The lowest BCUT2D eigenvalue weighted by molar-refractivity contribution is 0.475. The van der Waals surface area contributed by atoms with E-state index in [2.05, 4.69) is 5.18 Å². The van der Waals surface area contributed by atoms with Gasteiger partial charge in [0, 0.05) is 0 Å². The highest BCUT2D eigenvalue weighted by Crippen LogP contribution is 2.35. The fraction of sp³-hybridized carbons (Fsp3) is 0.200. The van der Waals surface area contributed by atoms with Crippen LogP contribution in [0.25, 0.3) is 0 Å². The Morgan fingerprint density at radius 1 is 1.05 bits per heavy atom. The van der Waals surface area contributed by atoms with Gasteiger partial charge >= 0.3 is 0 Å². The minimum Gasteiger partial charge on any atom is -0.455 e. The zero-order valence-electron chi connectivity index (χ0n) is 11.0. The van der Waals surface area contributed by atoms with E-state index in [1.54, 1.807) is 18.2 Å². The summed E-state index contributed by atoms with van der Waals surface area (Å²) in [6, 6.07) is 8.90. The molecule has 4 heteroatoms. The van der Waals surface area contributed by atoms with Gasteiger partial charge in [0.15, 0.2) is 0 Å². The molecule has 98 valence electrons. The van der Waals surface area contributed by atoms with Crippen molar-refractivity contribution in [1.29, 1.82) is 0 Å². The summed E-state index contributed by atoms with van der Waals surface area (Å²) in [5.41, 5.74) is 3.29. The Kier molecular flexibility index (Phi) is 3.86. The Morgan fingerprint density at radius 3 is 2.37 bits per heavy atom. The molecule has 0 atom stereocenters. The van der Waals surface area contributed by atoms with Gasteiger partial charge in [-0.2, -0.15) is 0 Å². The first-order chi connectivity index (χ1) is 9.01. The van der Waals surface area contributed by atoms with E-state index in [4.69, 9.17) is 16.3 Å². The number of rotatable bonds is 3. The SMILES string of the molecule is Cc1cc(C)c(Oc2ccc(N=O)cc2C)c(Cl)c1. The third-order valence-electron chi connectivity index (χ3n) is 2.85. The minimum absolute atomic E-state index is 0.386. The Morgan fingerprint density at radius 2 is 1.79 bits per heavy atom. The van der Waals surface area contributed by atoms with Gasteiger partial charge in [0.25, 0.3) is 0 Å². The first-order valence-electron chi connectivity index (χ1n) is 5.90. The molecule has 2 rings (SSSR count). The largest absolute Gasteiger partial charge is 0.455 e. The molecular weight excluding hydrogens is 262 g/mol. The predicted octanol–water partition coefficient (Wildman–Crippen LogP) is 5.46. The standard InChI is InChI=1S/C15H14ClNO2/c1-9-6-11(3)15(13(16)7-9)19-14-5-4-12(17-18)8-10(14)2/h4-8H,1-3H3. The number of nitroso groups, excluding NO2 is 1. The molecule has 0 aliphatic heterocycles. The maximum absolute atomic E-state index is 10.5. The quantitative estimate of drug-likeness (QED) is 0.698. The molecule has 0 aromatic heterocycles. The molecule has 2 aromatic rings. The monoisotopic (exact) mass is 275 g/mol. The summed E-state index contributed by atoms with van der Waals surface area (Å²) < 4.78 is 5.85. The first kappa shape index (κ1) is 13.6. The van der Waals surface area contributed by atoms with Crippen molar-refractivity contribution in [2.75, 3.05) is 0 Å². The number of hydrogen-bond acceptors (Lipinski definition) is 3. The number of hydrogen-bond donors (Lipinski definition) is 0. The van der Waals surface area contributed by atoms with E-state index < -0.39 is 0 Å². The average Bonchev–Trinajstić information content (AvgIpc) is 2.35. The lowest BCUT2D eigenvalue weighted by atomic mass is 10.1. The van der Waals surface area contributed by atoms with Crippen molar-refractivity contribution >= 4 is 17.3 Å². The van der Waals surface area contributed by atoms with E-state index >= 15 is 0 Å². The van der Waals surface area contributed by atoms with Gasteiger partial charge in [-0.1, -0.05) is 17.7 Å². The summed E-state index contributed by atoms with van der Waals surface area (Å²) in [6.07, 6.45) is 0. The average molecular weight is 276 g/mol. The van der Waals surface area contributed by atoms with Crippen molar-refractivity contribution in [2.24, 2.45) is 5.18 Å². The van der Waals surface area contributed by atoms with Crippen LogP contribution < -0.4 is 4.74 Å². The second kappa shape index (κ2) is 5.41. The van der Waals surface area contributed by atoms with Crippen LogP contribution in [0.1, 0.15) is 16.7 Å². The van der Waals surface area contributed by atoms with Crippen LogP contribution >= 0.6 is 11.6 Å². The molecule has 19 heavy (non-hydrogen) atoms. The Bertz CT molecular complexity index is 615. The molecule has 0 N–H and O–H groups in total. The van der Waals surface area contributed by atoms with Gasteiger partial charge in [-0.3, -0.25) is 0 Å². The Hall–Kier alpha value is -1.87. The maximum atomic E-state index is 10.5. The third-order valence-corrected chi connectivity index (χ3v) is 3.13. The van der Waals surface area contributed by atoms with Gasteiger partial charge in [-0.05, 0) is 66.9 Å². The van der Waals surface area contributed by atoms with E-state index in [0.29, 0.717) is 22.2 Å². The molecule has 3 nitrogen and oxygen atoms in total. The summed E-state index contributed by atoms with van der Waals surface area (Å²) in [6.45, 7) is 5.80. The second-order valence-corrected chi connectivity index (χ2v) is 4.94. The van der Waals surface area contributed by atoms with Crippen molar-refractivity contribution in [3.63, 3.8) is 0 Å². The number of nitrogens with zero attached hydrogens (tertiary/aromatic N) is 1. The summed E-state index contributed by atoms with van der Waals surface area (Å²) in [7, 11) is 0. The lowest BCUT2D eigenvalue weighted by Gasteiger charge is -2.13. The molecule has 0 bridgehead atoms. The molecule has 0 amide bonds. The van der Waals surface area contributed by atoms with Crippen LogP contribution in [0.4, 0.5) is 5.69 Å². The molecule has 0 saturated heterocycles. The third kappa shape index (κ3) is 2.93. The summed E-state index contributed by atoms with van der Waals surface area (Å²) in [5, 5.41) is 3.47. The highest BCUT2D eigenvalue weighted by Gasteiger charge is 2.10. The highest BCUT2D eigenvalue weighted by molar-refractivity contribution is 6.32. The van der Waals surface area contributed by atoms with Gasteiger partial charge in [0.2, 0.25) is 0 Å². The summed E-state index contributed by atoms with van der Waals surface area (Å²) >= 11 is 6.20. The van der Waals surface area contributed by atoms with Crippen LogP contribution in [0.3, 0.4) is 0 Å². The Balaban J connectivity index is 2.39. The fourth-order valence-corrected chi connectivity index (χ4v) is 2.31. The molecule has 0 heterocycles. The van der Waals surface area contributed by atoms with E-state index in [-0.39, 0.29) is 0 Å². The lowest BCUT2D eigenvalue weighted by Crippen LogP contribution is -1.92. The smallest absolute Gasteiger partial charge is 0.148 e. The number of aryl methyl sites for hydroxylation is 3. The van der Waals surface area contributed by atoms with E-state index in [9.17, 15) is 4.91 Å². The van der Waals surface area contributed by atoms with Crippen molar-refractivity contribution in [2.45, 2.75) is 20.8 Å². The van der Waals surface area contributed by atoms with Crippen molar-refractivity contribution < 1.29 is 4.74 Å².